The molecular weight excluding hydrogens is 442 g/mol. The van der Waals surface area contributed by atoms with Gasteiger partial charge in [-0.2, -0.15) is 5.10 Å². The Morgan fingerprint density at radius 2 is 1.89 bits per heavy atom. The highest BCUT2D eigenvalue weighted by Gasteiger charge is 2.36. The molecule has 8 heteroatoms. The molecule has 2 saturated carbocycles. The Morgan fingerprint density at radius 1 is 1.14 bits per heavy atom. The highest BCUT2D eigenvalue weighted by atomic mass is 16.5. The van der Waals surface area contributed by atoms with Gasteiger partial charge >= 0.3 is 11.6 Å². The largest absolute Gasteiger partial charge is 0.390 e. The maximum atomic E-state index is 13.3. The summed E-state index contributed by atoms with van der Waals surface area (Å²) in [5, 5.41) is 30.0. The maximum Gasteiger partial charge on any atom is 0.325 e. The number of anilines is 2. The Labute approximate surface area is 205 Å². The van der Waals surface area contributed by atoms with E-state index in [2.05, 4.69) is 22.5 Å². The Kier molecular flexibility index (Phi) is 5.44. The second kappa shape index (κ2) is 8.52. The van der Waals surface area contributed by atoms with Gasteiger partial charge in [-0.1, -0.05) is 0 Å². The first-order valence-electron chi connectivity index (χ1n) is 12.9. The van der Waals surface area contributed by atoms with E-state index in [-0.39, 0.29) is 17.6 Å². The number of carbonyl (C=O) groups is 1. The molecule has 3 heterocycles. The fourth-order valence-corrected chi connectivity index (χ4v) is 5.64. The van der Waals surface area contributed by atoms with Crippen LogP contribution in [0.2, 0.25) is 0 Å². The molecule has 184 valence electrons. The van der Waals surface area contributed by atoms with E-state index in [1.54, 1.807) is 6.07 Å². The minimum absolute atomic E-state index is 0.242. The Balaban J connectivity index is 1.33. The summed E-state index contributed by atoms with van der Waals surface area (Å²) >= 11 is 0. The van der Waals surface area contributed by atoms with E-state index in [0.717, 1.165) is 97.2 Å². The molecule has 0 radical (unpaired) electrons. The summed E-state index contributed by atoms with van der Waals surface area (Å²) in [6, 6.07) is 9.75. The SMILES string of the molecule is CC1(O)CCC(n2cc3cc(NC(=O)c4cccc(C5CC5)[n+]4O)c(N4CCCC4)cc3n2)CC1. The first-order chi connectivity index (χ1) is 16.9. The monoisotopic (exact) mass is 476 g/mol. The molecule has 6 rings (SSSR count). The van der Waals surface area contributed by atoms with Crippen molar-refractivity contribution in [1.82, 2.24) is 9.78 Å². The van der Waals surface area contributed by atoms with Gasteiger partial charge in [0.25, 0.3) is 0 Å². The third kappa shape index (κ3) is 4.35. The number of carbonyl (C=O) groups excluding carboxylic acids is 1. The summed E-state index contributed by atoms with van der Waals surface area (Å²) in [6.07, 6.45) is 9.75. The number of nitrogens with zero attached hydrogens (tertiary/aromatic N) is 4. The van der Waals surface area contributed by atoms with Gasteiger partial charge in [-0.3, -0.25) is 14.7 Å². The fraction of sp³-hybridized carbons (Fsp3) is 0.519. The van der Waals surface area contributed by atoms with Crippen molar-refractivity contribution < 1.29 is 19.8 Å². The normalized spacial score (nSPS) is 24.7. The zero-order chi connectivity index (χ0) is 24.2. The average Bonchev–Trinajstić information content (AvgIpc) is 3.35. The lowest BCUT2D eigenvalue weighted by Crippen LogP contribution is -2.43. The molecule has 0 bridgehead atoms. The maximum absolute atomic E-state index is 13.3. The van der Waals surface area contributed by atoms with Gasteiger partial charge in [0.05, 0.1) is 28.5 Å². The van der Waals surface area contributed by atoms with Crippen LogP contribution < -0.4 is 14.9 Å². The van der Waals surface area contributed by atoms with Crippen LogP contribution in [0.3, 0.4) is 0 Å². The minimum Gasteiger partial charge on any atom is -0.390 e. The minimum atomic E-state index is -0.580. The van der Waals surface area contributed by atoms with Crippen LogP contribution in [0.1, 0.15) is 86.4 Å². The van der Waals surface area contributed by atoms with Crippen molar-refractivity contribution in [3.05, 3.63) is 47.9 Å². The summed E-state index contributed by atoms with van der Waals surface area (Å²) in [7, 11) is 0. The van der Waals surface area contributed by atoms with Gasteiger partial charge in [0.1, 0.15) is 0 Å². The van der Waals surface area contributed by atoms with E-state index in [4.69, 9.17) is 5.10 Å². The molecule has 0 spiro atoms. The molecule has 1 aliphatic heterocycles. The van der Waals surface area contributed by atoms with E-state index in [1.165, 1.54) is 0 Å². The van der Waals surface area contributed by atoms with Crippen molar-refractivity contribution in [2.24, 2.45) is 0 Å². The van der Waals surface area contributed by atoms with Crippen molar-refractivity contribution in [3.8, 4) is 0 Å². The lowest BCUT2D eigenvalue weighted by molar-refractivity contribution is -0.910. The predicted molar refractivity (Wildman–Crippen MR) is 133 cm³/mol. The highest BCUT2D eigenvalue weighted by molar-refractivity contribution is 6.05. The van der Waals surface area contributed by atoms with Gasteiger partial charge in [-0.05, 0) is 76.5 Å². The van der Waals surface area contributed by atoms with Crippen molar-refractivity contribution in [3.63, 3.8) is 0 Å². The van der Waals surface area contributed by atoms with Crippen molar-refractivity contribution >= 4 is 28.2 Å². The zero-order valence-corrected chi connectivity index (χ0v) is 20.3. The molecule has 1 saturated heterocycles. The Bertz CT molecular complexity index is 1260. The van der Waals surface area contributed by atoms with Gasteiger partial charge in [0.15, 0.2) is 0 Å². The van der Waals surface area contributed by atoms with Crippen LogP contribution in [0, 0.1) is 0 Å². The van der Waals surface area contributed by atoms with Gasteiger partial charge in [-0.25, -0.2) is 0 Å². The molecule has 8 nitrogen and oxygen atoms in total. The third-order valence-corrected chi connectivity index (χ3v) is 7.96. The summed E-state index contributed by atoms with van der Waals surface area (Å²) in [5.41, 5.74) is 3.09. The summed E-state index contributed by atoms with van der Waals surface area (Å²) in [5.74, 6) is 0.00953. The molecule has 2 aromatic heterocycles. The highest BCUT2D eigenvalue weighted by Crippen LogP contribution is 2.39. The first kappa shape index (κ1) is 22.3. The number of nitrogens with one attached hydrogen (secondary N) is 1. The van der Waals surface area contributed by atoms with Crippen LogP contribution in [0.15, 0.2) is 36.5 Å². The van der Waals surface area contributed by atoms with E-state index in [0.29, 0.717) is 5.92 Å². The molecule has 3 N–H and O–H groups in total. The Morgan fingerprint density at radius 3 is 2.60 bits per heavy atom. The lowest BCUT2D eigenvalue weighted by atomic mass is 9.84. The average molecular weight is 477 g/mol. The van der Waals surface area contributed by atoms with Crippen LogP contribution >= 0.6 is 0 Å². The molecule has 3 fully saturated rings. The van der Waals surface area contributed by atoms with Crippen LogP contribution in [0.25, 0.3) is 10.9 Å². The molecule has 35 heavy (non-hydrogen) atoms. The summed E-state index contributed by atoms with van der Waals surface area (Å²) < 4.78 is 3.09. The molecule has 1 aromatic carbocycles. The number of amides is 1. The van der Waals surface area contributed by atoms with Crippen LogP contribution in [0.5, 0.6) is 0 Å². The van der Waals surface area contributed by atoms with Crippen LogP contribution in [0.4, 0.5) is 11.4 Å². The smallest absolute Gasteiger partial charge is 0.325 e. The fourth-order valence-electron chi connectivity index (χ4n) is 5.64. The van der Waals surface area contributed by atoms with E-state index in [1.807, 2.05) is 29.8 Å². The number of fused-ring (bicyclic) bond motifs is 1. The number of benzene rings is 1. The molecule has 1 amide bonds. The van der Waals surface area contributed by atoms with Gasteiger partial charge in [0, 0.05) is 47.5 Å². The predicted octanol–water partition coefficient (Wildman–Crippen LogP) is 4.16. The number of hydrogen-bond donors (Lipinski definition) is 3. The molecule has 0 unspecified atom stereocenters. The van der Waals surface area contributed by atoms with Gasteiger partial charge in [-0.15, -0.1) is 0 Å². The second-order valence-corrected chi connectivity index (χ2v) is 10.8. The summed E-state index contributed by atoms with van der Waals surface area (Å²) in [4.78, 5) is 15.6. The molecule has 2 aliphatic carbocycles. The molecule has 0 atom stereocenters. The first-order valence-corrected chi connectivity index (χ1v) is 12.9. The van der Waals surface area contributed by atoms with Crippen molar-refractivity contribution in [2.45, 2.75) is 75.9 Å². The lowest BCUT2D eigenvalue weighted by Gasteiger charge is -2.33. The molecule has 3 aromatic rings. The molecular formula is C27H34N5O3+. The molecule has 3 aliphatic rings. The number of rotatable bonds is 5. The van der Waals surface area contributed by atoms with Crippen molar-refractivity contribution in [1.29, 1.82) is 0 Å². The number of hydrogen-bond acceptors (Lipinski definition) is 5. The topological polar surface area (TPSA) is 94.5 Å². The van der Waals surface area contributed by atoms with E-state index < -0.39 is 5.60 Å². The number of aliphatic hydroxyl groups is 1. The third-order valence-electron chi connectivity index (χ3n) is 7.96. The number of pyridine rings is 1. The summed E-state index contributed by atoms with van der Waals surface area (Å²) in [6.45, 7) is 3.81. The van der Waals surface area contributed by atoms with E-state index in [9.17, 15) is 15.1 Å². The van der Waals surface area contributed by atoms with Crippen LogP contribution in [-0.4, -0.2) is 44.7 Å². The van der Waals surface area contributed by atoms with Crippen LogP contribution in [-0.2, 0) is 0 Å². The van der Waals surface area contributed by atoms with Gasteiger partial charge in [0.2, 0.25) is 5.69 Å². The quantitative estimate of drug-likeness (QED) is 0.380. The number of aromatic nitrogens is 3. The standard InChI is InChI=1S/C27H33N5O3/c1-27(34)11-9-20(10-12-27)31-17-19-15-22(25(16-21(19)29-31)30-13-2-3-14-30)28-26(33)24-6-4-5-23(32(24)35)18-7-8-18/h4-6,15-18,20,34H,2-3,7-14H2,1H3,(H-,28,33,35)/p+1. The van der Waals surface area contributed by atoms with Gasteiger partial charge < -0.3 is 15.3 Å². The Hall–Kier alpha value is -3.13. The second-order valence-electron chi connectivity index (χ2n) is 10.8. The van der Waals surface area contributed by atoms with Crippen molar-refractivity contribution in [2.75, 3.05) is 23.3 Å². The zero-order valence-electron chi connectivity index (χ0n) is 20.3. The van der Waals surface area contributed by atoms with E-state index >= 15 is 0 Å².